The summed E-state index contributed by atoms with van der Waals surface area (Å²) >= 11 is 0. The first kappa shape index (κ1) is 12.4. The van der Waals surface area contributed by atoms with Gasteiger partial charge in [-0.1, -0.05) is 6.07 Å². The van der Waals surface area contributed by atoms with Crippen LogP contribution in [0.5, 0.6) is 0 Å². The van der Waals surface area contributed by atoms with Crippen LogP contribution in [0.15, 0.2) is 12.1 Å². The summed E-state index contributed by atoms with van der Waals surface area (Å²) in [6, 6.07) is 4.87. The number of hydrogen-bond donors (Lipinski definition) is 2. The molecule has 1 aliphatic rings. The van der Waals surface area contributed by atoms with Gasteiger partial charge >= 0.3 is 0 Å². The fourth-order valence-corrected chi connectivity index (χ4v) is 2.77. The van der Waals surface area contributed by atoms with Crippen LogP contribution in [0.2, 0.25) is 0 Å². The number of nitrogens with two attached hydrogens (primary N) is 2. The monoisotopic (exact) mass is 233 g/mol. The molecule has 1 aromatic rings. The van der Waals surface area contributed by atoms with E-state index in [0.717, 1.165) is 25.2 Å². The van der Waals surface area contributed by atoms with Gasteiger partial charge in [0.1, 0.15) is 0 Å². The normalized spacial score (nSPS) is 25.4. The smallest absolute Gasteiger partial charge is 0.0349 e. The standard InChI is InChI=1S/C14H23N3/c1-9-4-12(6-13(16)10(9)2)14-5-11(7-15)8-17(14)3/h4,6,11,14H,5,7-8,15-16H2,1-3H3. The van der Waals surface area contributed by atoms with E-state index in [9.17, 15) is 0 Å². The summed E-state index contributed by atoms with van der Waals surface area (Å²) in [6.07, 6.45) is 1.15. The van der Waals surface area contributed by atoms with Gasteiger partial charge in [0.15, 0.2) is 0 Å². The largest absolute Gasteiger partial charge is 0.398 e. The summed E-state index contributed by atoms with van der Waals surface area (Å²) in [5.74, 6) is 0.618. The molecule has 0 bridgehead atoms. The zero-order valence-electron chi connectivity index (χ0n) is 11.0. The number of anilines is 1. The molecule has 4 N–H and O–H groups in total. The number of rotatable bonds is 2. The molecule has 94 valence electrons. The highest BCUT2D eigenvalue weighted by Gasteiger charge is 2.29. The second kappa shape index (κ2) is 4.67. The van der Waals surface area contributed by atoms with E-state index in [1.807, 2.05) is 0 Å². The maximum absolute atomic E-state index is 6.06. The van der Waals surface area contributed by atoms with Crippen LogP contribution in [0.3, 0.4) is 0 Å². The summed E-state index contributed by atoms with van der Waals surface area (Å²) in [7, 11) is 2.17. The second-order valence-corrected chi connectivity index (χ2v) is 5.34. The topological polar surface area (TPSA) is 55.3 Å². The molecule has 0 saturated carbocycles. The van der Waals surface area contributed by atoms with Crippen molar-refractivity contribution in [2.45, 2.75) is 26.3 Å². The Balaban J connectivity index is 2.29. The molecule has 1 heterocycles. The fraction of sp³-hybridized carbons (Fsp3) is 0.571. The quantitative estimate of drug-likeness (QED) is 0.766. The number of aryl methyl sites for hydroxylation is 1. The first-order valence-corrected chi connectivity index (χ1v) is 6.29. The highest BCUT2D eigenvalue weighted by Crippen LogP contribution is 2.35. The third kappa shape index (κ3) is 2.31. The van der Waals surface area contributed by atoms with Crippen molar-refractivity contribution in [3.63, 3.8) is 0 Å². The van der Waals surface area contributed by atoms with Gasteiger partial charge in [-0.2, -0.15) is 0 Å². The second-order valence-electron chi connectivity index (χ2n) is 5.34. The summed E-state index contributed by atoms with van der Waals surface area (Å²) in [4.78, 5) is 2.39. The van der Waals surface area contributed by atoms with E-state index < -0.39 is 0 Å². The number of likely N-dealkylation sites (tertiary alicyclic amines) is 1. The molecular weight excluding hydrogens is 210 g/mol. The molecule has 3 nitrogen and oxygen atoms in total. The molecule has 2 atom stereocenters. The van der Waals surface area contributed by atoms with Crippen LogP contribution in [-0.2, 0) is 0 Å². The Morgan fingerprint density at radius 1 is 1.35 bits per heavy atom. The molecule has 3 heteroatoms. The minimum absolute atomic E-state index is 0.477. The zero-order valence-corrected chi connectivity index (χ0v) is 11.0. The van der Waals surface area contributed by atoms with Crippen molar-refractivity contribution >= 4 is 5.69 Å². The third-order valence-corrected chi connectivity index (χ3v) is 4.08. The van der Waals surface area contributed by atoms with E-state index in [1.54, 1.807) is 0 Å². The van der Waals surface area contributed by atoms with E-state index >= 15 is 0 Å². The molecule has 1 fully saturated rings. The van der Waals surface area contributed by atoms with Gasteiger partial charge in [0.25, 0.3) is 0 Å². The Bertz CT molecular complexity index is 391. The van der Waals surface area contributed by atoms with E-state index in [-0.39, 0.29) is 0 Å². The van der Waals surface area contributed by atoms with Crippen molar-refractivity contribution in [3.8, 4) is 0 Å². The van der Waals surface area contributed by atoms with Crippen molar-refractivity contribution < 1.29 is 0 Å². The predicted octanol–water partition coefficient (Wildman–Crippen LogP) is 1.84. The van der Waals surface area contributed by atoms with Crippen LogP contribution in [0.1, 0.15) is 29.2 Å². The summed E-state index contributed by atoms with van der Waals surface area (Å²) in [5.41, 5.74) is 16.6. The highest BCUT2D eigenvalue weighted by atomic mass is 15.2. The molecule has 2 rings (SSSR count). The van der Waals surface area contributed by atoms with Crippen molar-refractivity contribution in [2.75, 3.05) is 25.9 Å². The lowest BCUT2D eigenvalue weighted by molar-refractivity contribution is 0.313. The SMILES string of the molecule is Cc1cc(C2CC(CN)CN2C)cc(N)c1C. The summed E-state index contributed by atoms with van der Waals surface area (Å²) in [5, 5.41) is 0. The molecule has 0 aliphatic carbocycles. The number of nitrogens with zero attached hydrogens (tertiary/aromatic N) is 1. The Morgan fingerprint density at radius 3 is 2.59 bits per heavy atom. The van der Waals surface area contributed by atoms with Crippen LogP contribution in [0, 0.1) is 19.8 Å². The van der Waals surface area contributed by atoms with Crippen molar-refractivity contribution in [2.24, 2.45) is 11.7 Å². The van der Waals surface area contributed by atoms with Gasteiger partial charge in [0.05, 0.1) is 0 Å². The molecule has 2 unspecified atom stereocenters. The Labute approximate surface area is 104 Å². The first-order chi connectivity index (χ1) is 8.02. The maximum atomic E-state index is 6.06. The molecular formula is C14H23N3. The van der Waals surface area contributed by atoms with Crippen LogP contribution < -0.4 is 11.5 Å². The van der Waals surface area contributed by atoms with E-state index in [2.05, 4.69) is 37.9 Å². The van der Waals surface area contributed by atoms with E-state index in [0.29, 0.717) is 12.0 Å². The number of benzene rings is 1. The van der Waals surface area contributed by atoms with Crippen LogP contribution in [0.25, 0.3) is 0 Å². The lowest BCUT2D eigenvalue weighted by Crippen LogP contribution is -2.20. The minimum atomic E-state index is 0.477. The Kier molecular flexibility index (Phi) is 3.40. The maximum Gasteiger partial charge on any atom is 0.0349 e. The predicted molar refractivity (Wildman–Crippen MR) is 72.9 cm³/mol. The van der Waals surface area contributed by atoms with E-state index in [1.165, 1.54) is 16.7 Å². The average molecular weight is 233 g/mol. The summed E-state index contributed by atoms with van der Waals surface area (Å²) in [6.45, 7) is 6.08. The van der Waals surface area contributed by atoms with E-state index in [4.69, 9.17) is 11.5 Å². The molecule has 0 radical (unpaired) electrons. The molecule has 0 amide bonds. The van der Waals surface area contributed by atoms with Gasteiger partial charge in [-0.05, 0) is 62.5 Å². The molecule has 1 aromatic carbocycles. The molecule has 17 heavy (non-hydrogen) atoms. The van der Waals surface area contributed by atoms with Gasteiger partial charge in [-0.3, -0.25) is 4.90 Å². The minimum Gasteiger partial charge on any atom is -0.398 e. The first-order valence-electron chi connectivity index (χ1n) is 6.29. The zero-order chi connectivity index (χ0) is 12.6. The van der Waals surface area contributed by atoms with Crippen molar-refractivity contribution in [1.82, 2.24) is 4.90 Å². The molecule has 0 spiro atoms. The van der Waals surface area contributed by atoms with Gasteiger partial charge in [-0.25, -0.2) is 0 Å². The molecule has 1 aliphatic heterocycles. The van der Waals surface area contributed by atoms with Crippen molar-refractivity contribution in [3.05, 3.63) is 28.8 Å². The highest BCUT2D eigenvalue weighted by molar-refractivity contribution is 5.53. The Morgan fingerprint density at radius 2 is 2.06 bits per heavy atom. The molecule has 0 aromatic heterocycles. The van der Waals surface area contributed by atoms with Crippen LogP contribution >= 0.6 is 0 Å². The van der Waals surface area contributed by atoms with Crippen molar-refractivity contribution in [1.29, 1.82) is 0 Å². The van der Waals surface area contributed by atoms with Crippen LogP contribution in [0.4, 0.5) is 5.69 Å². The van der Waals surface area contributed by atoms with Gasteiger partial charge in [-0.15, -0.1) is 0 Å². The lowest BCUT2D eigenvalue weighted by Gasteiger charge is -2.21. The Hall–Kier alpha value is -1.06. The average Bonchev–Trinajstić information content (AvgIpc) is 2.67. The van der Waals surface area contributed by atoms with Crippen LogP contribution in [-0.4, -0.2) is 25.0 Å². The number of hydrogen-bond acceptors (Lipinski definition) is 3. The number of nitrogen functional groups attached to an aromatic ring is 1. The fourth-order valence-electron chi connectivity index (χ4n) is 2.77. The summed E-state index contributed by atoms with van der Waals surface area (Å²) < 4.78 is 0. The van der Waals surface area contributed by atoms with Gasteiger partial charge in [0, 0.05) is 18.3 Å². The van der Waals surface area contributed by atoms with Gasteiger partial charge < -0.3 is 11.5 Å². The third-order valence-electron chi connectivity index (χ3n) is 4.08. The van der Waals surface area contributed by atoms with Gasteiger partial charge in [0.2, 0.25) is 0 Å². The lowest BCUT2D eigenvalue weighted by atomic mass is 9.96. The molecule has 1 saturated heterocycles.